The summed E-state index contributed by atoms with van der Waals surface area (Å²) in [5.74, 6) is 0. The van der Waals surface area contributed by atoms with Crippen molar-refractivity contribution >= 4 is 11.3 Å². The normalized spacial score (nSPS) is 19.2. The summed E-state index contributed by atoms with van der Waals surface area (Å²) in [4.78, 5) is 4.38. The zero-order chi connectivity index (χ0) is 11.4. The van der Waals surface area contributed by atoms with Crippen molar-refractivity contribution in [1.29, 1.82) is 5.26 Å². The Hall–Kier alpha value is -0.920. The van der Waals surface area contributed by atoms with Gasteiger partial charge in [-0.25, -0.2) is 4.98 Å². The molecule has 0 aliphatic heterocycles. The fourth-order valence-corrected chi connectivity index (χ4v) is 2.97. The molecule has 1 N–H and O–H groups in total. The molecule has 0 aromatic carbocycles. The minimum absolute atomic E-state index is 0.221. The highest BCUT2D eigenvalue weighted by Crippen LogP contribution is 2.23. The minimum Gasteiger partial charge on any atom is -0.293 e. The maximum absolute atomic E-state index is 9.17. The number of rotatable bonds is 3. The van der Waals surface area contributed by atoms with Crippen LogP contribution in [-0.4, -0.2) is 11.0 Å². The molecular formula is C12H17N3S. The van der Waals surface area contributed by atoms with Crippen molar-refractivity contribution in [2.75, 3.05) is 0 Å². The molecule has 0 saturated heterocycles. The maximum Gasteiger partial charge on any atom is 0.148 e. The van der Waals surface area contributed by atoms with Crippen molar-refractivity contribution in [3.63, 3.8) is 0 Å². The van der Waals surface area contributed by atoms with Crippen molar-refractivity contribution < 1.29 is 0 Å². The standard InChI is InChI=1S/C12H17N3S/c1-9-8-16-12(14-9)11(7-13)15-10-5-3-2-4-6-10/h8,10-11,15H,2-6H2,1H3. The Kier molecular flexibility index (Phi) is 3.92. The highest BCUT2D eigenvalue weighted by molar-refractivity contribution is 7.09. The number of nitrogens with one attached hydrogen (secondary N) is 1. The van der Waals surface area contributed by atoms with Crippen LogP contribution >= 0.6 is 11.3 Å². The summed E-state index contributed by atoms with van der Waals surface area (Å²) >= 11 is 1.57. The predicted molar refractivity (Wildman–Crippen MR) is 65.2 cm³/mol. The number of hydrogen-bond acceptors (Lipinski definition) is 4. The van der Waals surface area contributed by atoms with Crippen LogP contribution in [0, 0.1) is 18.3 Å². The second-order valence-corrected chi connectivity index (χ2v) is 5.28. The van der Waals surface area contributed by atoms with E-state index in [1.165, 1.54) is 32.1 Å². The largest absolute Gasteiger partial charge is 0.293 e. The molecule has 1 fully saturated rings. The van der Waals surface area contributed by atoms with Gasteiger partial charge >= 0.3 is 0 Å². The number of nitrogens with zero attached hydrogens (tertiary/aromatic N) is 2. The van der Waals surface area contributed by atoms with E-state index in [1.54, 1.807) is 11.3 Å². The molecule has 86 valence electrons. The topological polar surface area (TPSA) is 48.7 Å². The Morgan fingerprint density at radius 3 is 2.81 bits per heavy atom. The van der Waals surface area contributed by atoms with Gasteiger partial charge in [0.15, 0.2) is 0 Å². The number of nitriles is 1. The van der Waals surface area contributed by atoms with Gasteiger partial charge in [0.1, 0.15) is 11.0 Å². The van der Waals surface area contributed by atoms with E-state index in [4.69, 9.17) is 0 Å². The third-order valence-electron chi connectivity index (χ3n) is 3.02. The molecular weight excluding hydrogens is 218 g/mol. The highest BCUT2D eigenvalue weighted by atomic mass is 32.1. The Morgan fingerprint density at radius 2 is 2.25 bits per heavy atom. The van der Waals surface area contributed by atoms with E-state index in [9.17, 15) is 5.26 Å². The van der Waals surface area contributed by atoms with E-state index in [0.717, 1.165) is 10.7 Å². The van der Waals surface area contributed by atoms with Gasteiger partial charge in [0, 0.05) is 17.1 Å². The van der Waals surface area contributed by atoms with E-state index in [1.807, 2.05) is 12.3 Å². The fourth-order valence-electron chi connectivity index (χ4n) is 2.17. The molecule has 1 unspecified atom stereocenters. The third-order valence-corrected chi connectivity index (χ3v) is 4.05. The summed E-state index contributed by atoms with van der Waals surface area (Å²) in [5, 5.41) is 15.5. The second-order valence-electron chi connectivity index (χ2n) is 4.39. The smallest absolute Gasteiger partial charge is 0.148 e. The number of thiazole rings is 1. The molecule has 1 aromatic heterocycles. The fraction of sp³-hybridized carbons (Fsp3) is 0.667. The van der Waals surface area contributed by atoms with E-state index in [2.05, 4.69) is 16.4 Å². The van der Waals surface area contributed by atoms with Gasteiger partial charge in [-0.1, -0.05) is 19.3 Å². The SMILES string of the molecule is Cc1csc(C(C#N)NC2CCCCC2)n1. The summed E-state index contributed by atoms with van der Waals surface area (Å²) in [6.07, 6.45) is 6.30. The van der Waals surface area contributed by atoms with Gasteiger partial charge in [0.2, 0.25) is 0 Å². The molecule has 1 saturated carbocycles. The lowest BCUT2D eigenvalue weighted by atomic mass is 9.95. The minimum atomic E-state index is -0.221. The van der Waals surface area contributed by atoms with Crippen LogP contribution in [0.5, 0.6) is 0 Å². The van der Waals surface area contributed by atoms with Crippen molar-refractivity contribution in [3.05, 3.63) is 16.1 Å². The maximum atomic E-state index is 9.17. The van der Waals surface area contributed by atoms with Gasteiger partial charge in [-0.05, 0) is 19.8 Å². The van der Waals surface area contributed by atoms with Gasteiger partial charge in [-0.3, -0.25) is 5.32 Å². The number of hydrogen-bond donors (Lipinski definition) is 1. The Balaban J connectivity index is 1.98. The average molecular weight is 235 g/mol. The van der Waals surface area contributed by atoms with Crippen LogP contribution in [0.15, 0.2) is 5.38 Å². The van der Waals surface area contributed by atoms with Crippen LogP contribution in [-0.2, 0) is 0 Å². The van der Waals surface area contributed by atoms with Gasteiger partial charge in [-0.15, -0.1) is 11.3 Å². The Labute approximate surface area is 101 Å². The van der Waals surface area contributed by atoms with Crippen molar-refractivity contribution in [3.8, 4) is 6.07 Å². The van der Waals surface area contributed by atoms with Gasteiger partial charge < -0.3 is 0 Å². The third kappa shape index (κ3) is 2.81. The first-order chi connectivity index (χ1) is 7.79. The summed E-state index contributed by atoms with van der Waals surface area (Å²) in [6, 6.07) is 2.60. The number of aromatic nitrogens is 1. The van der Waals surface area contributed by atoms with Crippen LogP contribution in [0.2, 0.25) is 0 Å². The van der Waals surface area contributed by atoms with E-state index >= 15 is 0 Å². The first-order valence-electron chi connectivity index (χ1n) is 5.87. The zero-order valence-corrected chi connectivity index (χ0v) is 10.4. The summed E-state index contributed by atoms with van der Waals surface area (Å²) < 4.78 is 0. The molecule has 0 spiro atoms. The van der Waals surface area contributed by atoms with Crippen LogP contribution in [0.1, 0.15) is 48.8 Å². The second kappa shape index (κ2) is 5.42. The first kappa shape index (κ1) is 11.6. The average Bonchev–Trinajstić information content (AvgIpc) is 2.74. The molecule has 1 aromatic rings. The summed E-state index contributed by atoms with van der Waals surface area (Å²) in [5.41, 5.74) is 1.01. The predicted octanol–water partition coefficient (Wildman–Crippen LogP) is 2.94. The molecule has 3 nitrogen and oxygen atoms in total. The first-order valence-corrected chi connectivity index (χ1v) is 6.75. The highest BCUT2D eigenvalue weighted by Gasteiger charge is 2.20. The van der Waals surface area contributed by atoms with E-state index in [-0.39, 0.29) is 6.04 Å². The molecule has 2 rings (SSSR count). The van der Waals surface area contributed by atoms with E-state index in [0.29, 0.717) is 6.04 Å². The Bertz CT molecular complexity index is 374. The van der Waals surface area contributed by atoms with Crippen LogP contribution in [0.25, 0.3) is 0 Å². The molecule has 1 heterocycles. The molecule has 0 radical (unpaired) electrons. The van der Waals surface area contributed by atoms with Gasteiger partial charge in [0.05, 0.1) is 6.07 Å². The quantitative estimate of drug-likeness (QED) is 0.876. The molecule has 16 heavy (non-hydrogen) atoms. The van der Waals surface area contributed by atoms with E-state index < -0.39 is 0 Å². The summed E-state index contributed by atoms with van der Waals surface area (Å²) in [6.45, 7) is 1.97. The van der Waals surface area contributed by atoms with Crippen molar-refractivity contribution in [1.82, 2.24) is 10.3 Å². The molecule has 1 atom stereocenters. The van der Waals surface area contributed by atoms with Crippen molar-refractivity contribution in [2.45, 2.75) is 51.1 Å². The van der Waals surface area contributed by atoms with Gasteiger partial charge in [-0.2, -0.15) is 5.26 Å². The van der Waals surface area contributed by atoms with Crippen LogP contribution in [0.3, 0.4) is 0 Å². The summed E-state index contributed by atoms with van der Waals surface area (Å²) in [7, 11) is 0. The van der Waals surface area contributed by atoms with Crippen LogP contribution in [0.4, 0.5) is 0 Å². The monoisotopic (exact) mass is 235 g/mol. The molecule has 0 bridgehead atoms. The van der Waals surface area contributed by atoms with Gasteiger partial charge in [0.25, 0.3) is 0 Å². The Morgan fingerprint density at radius 1 is 1.50 bits per heavy atom. The lowest BCUT2D eigenvalue weighted by Crippen LogP contribution is -2.33. The zero-order valence-electron chi connectivity index (χ0n) is 9.57. The molecule has 0 amide bonds. The molecule has 4 heteroatoms. The lowest BCUT2D eigenvalue weighted by Gasteiger charge is -2.24. The lowest BCUT2D eigenvalue weighted by molar-refractivity contribution is 0.359. The number of aryl methyl sites for hydroxylation is 1. The van der Waals surface area contributed by atoms with Crippen molar-refractivity contribution in [2.24, 2.45) is 0 Å². The molecule has 1 aliphatic rings. The van der Waals surface area contributed by atoms with Crippen LogP contribution < -0.4 is 5.32 Å². The molecule has 1 aliphatic carbocycles.